The number of aromatic nitrogens is 2. The predicted molar refractivity (Wildman–Crippen MR) is 140 cm³/mol. The van der Waals surface area contributed by atoms with Crippen LogP contribution in [0, 0.1) is 0 Å². The Morgan fingerprint density at radius 1 is 0.750 bits per heavy atom. The molecule has 0 aliphatic carbocycles. The van der Waals surface area contributed by atoms with E-state index in [9.17, 15) is 0 Å². The Balaban J connectivity index is 1.60. The van der Waals surface area contributed by atoms with Gasteiger partial charge in [-0.3, -0.25) is 0 Å². The summed E-state index contributed by atoms with van der Waals surface area (Å²) in [6.07, 6.45) is 0.955. The molecule has 8 heteroatoms. The number of nitrogens with two attached hydrogens (primary N) is 1. The zero-order valence-corrected chi connectivity index (χ0v) is 20.8. The van der Waals surface area contributed by atoms with Crippen molar-refractivity contribution in [2.24, 2.45) is 0 Å². The van der Waals surface area contributed by atoms with Gasteiger partial charge in [0.2, 0.25) is 0 Å². The third kappa shape index (κ3) is 6.21. The summed E-state index contributed by atoms with van der Waals surface area (Å²) in [6.45, 7) is 3.76. The van der Waals surface area contributed by atoms with Gasteiger partial charge in [-0.2, -0.15) is 0 Å². The van der Waals surface area contributed by atoms with Crippen molar-refractivity contribution in [3.05, 3.63) is 66.2 Å². The Morgan fingerprint density at radius 2 is 1.44 bits per heavy atom. The SMILES string of the molecule is CCc1cccc(Oc2ccc(-c3nc(N)c4cc(OCCOC)c(OCCOC)cc4n3)cc2)c1. The predicted octanol–water partition coefficient (Wildman–Crippen LogP) is 5.28. The van der Waals surface area contributed by atoms with Crippen LogP contribution in [0.5, 0.6) is 23.0 Å². The van der Waals surface area contributed by atoms with E-state index in [1.54, 1.807) is 20.3 Å². The van der Waals surface area contributed by atoms with E-state index < -0.39 is 0 Å². The van der Waals surface area contributed by atoms with Crippen molar-refractivity contribution in [3.63, 3.8) is 0 Å². The average molecular weight is 490 g/mol. The zero-order chi connectivity index (χ0) is 25.3. The van der Waals surface area contributed by atoms with Gasteiger partial charge in [0.15, 0.2) is 17.3 Å². The van der Waals surface area contributed by atoms with Crippen LogP contribution in [0.4, 0.5) is 5.82 Å². The fraction of sp³-hybridized carbons (Fsp3) is 0.286. The molecule has 0 amide bonds. The second-order valence-corrected chi connectivity index (χ2v) is 8.06. The summed E-state index contributed by atoms with van der Waals surface area (Å²) < 4.78 is 27.9. The van der Waals surface area contributed by atoms with Gasteiger partial charge in [-0.05, 0) is 54.4 Å². The minimum absolute atomic E-state index is 0.353. The van der Waals surface area contributed by atoms with Crippen molar-refractivity contribution < 1.29 is 23.7 Å². The van der Waals surface area contributed by atoms with Crippen molar-refractivity contribution in [1.29, 1.82) is 0 Å². The molecule has 0 unspecified atom stereocenters. The van der Waals surface area contributed by atoms with Gasteiger partial charge in [-0.25, -0.2) is 9.97 Å². The van der Waals surface area contributed by atoms with E-state index in [4.69, 9.17) is 34.4 Å². The van der Waals surface area contributed by atoms with E-state index >= 15 is 0 Å². The largest absolute Gasteiger partial charge is 0.487 e. The van der Waals surface area contributed by atoms with Crippen LogP contribution in [0.25, 0.3) is 22.3 Å². The number of hydrogen-bond acceptors (Lipinski definition) is 8. The first-order valence-corrected chi connectivity index (χ1v) is 11.8. The van der Waals surface area contributed by atoms with Crippen molar-refractivity contribution in [1.82, 2.24) is 9.97 Å². The van der Waals surface area contributed by atoms with Crippen LogP contribution in [0.3, 0.4) is 0 Å². The first-order valence-electron chi connectivity index (χ1n) is 11.8. The summed E-state index contributed by atoms with van der Waals surface area (Å²) >= 11 is 0. The van der Waals surface area contributed by atoms with Gasteiger partial charge in [0.05, 0.1) is 18.7 Å². The quantitative estimate of drug-likeness (QED) is 0.268. The number of methoxy groups -OCH3 is 2. The number of anilines is 1. The number of benzene rings is 3. The summed E-state index contributed by atoms with van der Waals surface area (Å²) in [6, 6.07) is 19.3. The lowest BCUT2D eigenvalue weighted by Gasteiger charge is -2.15. The van der Waals surface area contributed by atoms with Crippen LogP contribution in [0.1, 0.15) is 12.5 Å². The molecule has 0 aliphatic rings. The third-order valence-corrected chi connectivity index (χ3v) is 5.54. The number of nitrogens with zero attached hydrogens (tertiary/aromatic N) is 2. The fourth-order valence-electron chi connectivity index (χ4n) is 3.62. The van der Waals surface area contributed by atoms with Gasteiger partial charge in [0.25, 0.3) is 0 Å². The average Bonchev–Trinajstić information content (AvgIpc) is 2.90. The number of fused-ring (bicyclic) bond motifs is 1. The fourth-order valence-corrected chi connectivity index (χ4v) is 3.62. The smallest absolute Gasteiger partial charge is 0.163 e. The maximum Gasteiger partial charge on any atom is 0.163 e. The second-order valence-electron chi connectivity index (χ2n) is 8.06. The van der Waals surface area contributed by atoms with E-state index in [-0.39, 0.29) is 0 Å². The third-order valence-electron chi connectivity index (χ3n) is 5.54. The number of rotatable bonds is 12. The molecule has 4 aromatic rings. The molecule has 3 aromatic carbocycles. The summed E-state index contributed by atoms with van der Waals surface area (Å²) in [5, 5.41) is 0.681. The molecule has 1 aromatic heterocycles. The Labute approximate surface area is 210 Å². The molecular weight excluding hydrogens is 458 g/mol. The first kappa shape index (κ1) is 25.2. The van der Waals surface area contributed by atoms with Gasteiger partial charge in [0.1, 0.15) is 30.5 Å². The number of hydrogen-bond donors (Lipinski definition) is 1. The molecular formula is C28H31N3O5. The molecule has 0 atom stereocenters. The lowest BCUT2D eigenvalue weighted by atomic mass is 10.1. The lowest BCUT2D eigenvalue weighted by Crippen LogP contribution is -2.09. The van der Waals surface area contributed by atoms with Crippen LogP contribution < -0.4 is 19.9 Å². The highest BCUT2D eigenvalue weighted by molar-refractivity contribution is 5.92. The highest BCUT2D eigenvalue weighted by Crippen LogP contribution is 2.35. The van der Waals surface area contributed by atoms with E-state index in [2.05, 4.69) is 18.0 Å². The molecule has 0 saturated heterocycles. The maximum atomic E-state index is 6.33. The minimum atomic E-state index is 0.353. The van der Waals surface area contributed by atoms with Crippen molar-refractivity contribution in [2.45, 2.75) is 13.3 Å². The van der Waals surface area contributed by atoms with E-state index in [1.807, 2.05) is 48.5 Å². The molecule has 4 rings (SSSR count). The van der Waals surface area contributed by atoms with Gasteiger partial charge < -0.3 is 29.4 Å². The molecule has 8 nitrogen and oxygen atoms in total. The molecule has 0 bridgehead atoms. The highest BCUT2D eigenvalue weighted by Gasteiger charge is 2.14. The standard InChI is InChI=1S/C28H31N3O5/c1-4-19-6-5-7-22(16-19)36-21-10-8-20(9-11-21)28-30-24-18-26(35-15-13-33-3)25(34-14-12-32-2)17-23(24)27(29)31-28/h5-11,16-18H,4,12-15H2,1-3H3,(H2,29,30,31). The Kier molecular flexibility index (Phi) is 8.54. The Hall–Kier alpha value is -3.88. The van der Waals surface area contributed by atoms with Crippen LogP contribution in [-0.4, -0.2) is 50.6 Å². The van der Waals surface area contributed by atoms with Crippen LogP contribution >= 0.6 is 0 Å². The van der Waals surface area contributed by atoms with Gasteiger partial charge in [-0.1, -0.05) is 19.1 Å². The highest BCUT2D eigenvalue weighted by atomic mass is 16.5. The van der Waals surface area contributed by atoms with E-state index in [1.165, 1.54) is 5.56 Å². The number of ether oxygens (including phenoxy) is 5. The lowest BCUT2D eigenvalue weighted by molar-refractivity contribution is 0.132. The molecule has 0 radical (unpaired) electrons. The zero-order valence-electron chi connectivity index (χ0n) is 20.8. The monoisotopic (exact) mass is 489 g/mol. The van der Waals surface area contributed by atoms with Gasteiger partial charge >= 0.3 is 0 Å². The van der Waals surface area contributed by atoms with E-state index in [0.29, 0.717) is 60.5 Å². The molecule has 188 valence electrons. The van der Waals surface area contributed by atoms with Crippen LogP contribution in [0.15, 0.2) is 60.7 Å². The summed E-state index contributed by atoms with van der Waals surface area (Å²) in [5.41, 5.74) is 9.03. The normalized spacial score (nSPS) is 11.0. The topological polar surface area (TPSA) is 98.0 Å². The molecule has 0 fully saturated rings. The summed E-state index contributed by atoms with van der Waals surface area (Å²) in [4.78, 5) is 9.28. The summed E-state index contributed by atoms with van der Waals surface area (Å²) in [7, 11) is 3.24. The number of aryl methyl sites for hydroxylation is 1. The Morgan fingerprint density at radius 3 is 2.11 bits per heavy atom. The number of nitrogen functional groups attached to an aromatic ring is 1. The maximum absolute atomic E-state index is 6.33. The molecule has 0 aliphatic heterocycles. The van der Waals surface area contributed by atoms with Crippen LogP contribution in [-0.2, 0) is 15.9 Å². The van der Waals surface area contributed by atoms with Crippen molar-refractivity contribution in [2.75, 3.05) is 46.4 Å². The van der Waals surface area contributed by atoms with Gasteiger partial charge in [-0.15, -0.1) is 0 Å². The Bertz CT molecular complexity index is 1290. The van der Waals surface area contributed by atoms with Crippen molar-refractivity contribution >= 4 is 16.7 Å². The molecule has 0 spiro atoms. The second kappa shape index (κ2) is 12.2. The molecule has 1 heterocycles. The molecule has 2 N–H and O–H groups in total. The molecule has 36 heavy (non-hydrogen) atoms. The molecule has 0 saturated carbocycles. The van der Waals surface area contributed by atoms with Gasteiger partial charge in [0, 0.05) is 31.2 Å². The van der Waals surface area contributed by atoms with E-state index in [0.717, 1.165) is 23.5 Å². The summed E-state index contributed by atoms with van der Waals surface area (Å²) in [5.74, 6) is 3.50. The first-order chi connectivity index (χ1) is 17.6. The van der Waals surface area contributed by atoms with Crippen LogP contribution in [0.2, 0.25) is 0 Å². The minimum Gasteiger partial charge on any atom is -0.487 e. The van der Waals surface area contributed by atoms with Crippen molar-refractivity contribution in [3.8, 4) is 34.4 Å².